The molecular formula is C25H31BrClN3. The van der Waals surface area contributed by atoms with E-state index in [2.05, 4.69) is 79.6 Å². The lowest BCUT2D eigenvalue weighted by Crippen LogP contribution is -2.40. The van der Waals surface area contributed by atoms with Gasteiger partial charge in [-0.05, 0) is 74.0 Å². The van der Waals surface area contributed by atoms with Gasteiger partial charge in [0.25, 0.3) is 0 Å². The smallest absolute Gasteiger partial charge is 0.0681 e. The van der Waals surface area contributed by atoms with Crippen molar-refractivity contribution in [2.24, 2.45) is 5.92 Å². The molecule has 0 spiro atoms. The number of nitrogens with one attached hydrogen (secondary N) is 1. The molecule has 2 aromatic carbocycles. The monoisotopic (exact) mass is 487 g/mol. The van der Waals surface area contributed by atoms with Gasteiger partial charge in [0.15, 0.2) is 0 Å². The van der Waals surface area contributed by atoms with Gasteiger partial charge in [0.2, 0.25) is 0 Å². The van der Waals surface area contributed by atoms with Crippen molar-refractivity contribution < 1.29 is 0 Å². The normalized spacial score (nSPS) is 18.8. The van der Waals surface area contributed by atoms with Crippen molar-refractivity contribution in [3.8, 4) is 0 Å². The van der Waals surface area contributed by atoms with Crippen molar-refractivity contribution in [2.45, 2.75) is 32.2 Å². The van der Waals surface area contributed by atoms with E-state index >= 15 is 0 Å². The first-order valence-corrected chi connectivity index (χ1v) is 12.2. The standard InChI is InChI=1S/C25H31BrClN3/c26-25-7-6-23(27)17-22(25)16-20-8-12-29(13-9-20)14-10-24-11-15-30(19-28-24)18-21-4-2-1-3-5-21/h1-7,11,17,20,28H,8-10,12-16,18-19H2. The molecule has 2 aromatic rings. The van der Waals surface area contributed by atoms with Crippen LogP contribution in [0.3, 0.4) is 0 Å². The molecule has 0 aromatic heterocycles. The van der Waals surface area contributed by atoms with Gasteiger partial charge in [-0.25, -0.2) is 0 Å². The topological polar surface area (TPSA) is 18.5 Å². The van der Waals surface area contributed by atoms with Gasteiger partial charge in [0.1, 0.15) is 0 Å². The second kappa shape index (κ2) is 10.8. The number of benzene rings is 2. The summed E-state index contributed by atoms with van der Waals surface area (Å²) in [6.07, 6.45) is 7.17. The molecule has 160 valence electrons. The fourth-order valence-corrected chi connectivity index (χ4v) is 5.05. The van der Waals surface area contributed by atoms with Crippen LogP contribution < -0.4 is 5.32 Å². The minimum atomic E-state index is 0.759. The summed E-state index contributed by atoms with van der Waals surface area (Å²) in [6.45, 7) is 6.55. The van der Waals surface area contributed by atoms with Gasteiger partial charge in [-0.1, -0.05) is 63.9 Å². The maximum absolute atomic E-state index is 6.18. The zero-order valence-electron chi connectivity index (χ0n) is 17.5. The minimum Gasteiger partial charge on any atom is -0.376 e. The Labute approximate surface area is 194 Å². The van der Waals surface area contributed by atoms with Crippen molar-refractivity contribution in [3.05, 3.63) is 80.9 Å². The lowest BCUT2D eigenvalue weighted by Gasteiger charge is -2.33. The van der Waals surface area contributed by atoms with Crippen molar-refractivity contribution in [2.75, 3.05) is 32.8 Å². The Balaban J connectivity index is 1.17. The summed E-state index contributed by atoms with van der Waals surface area (Å²) >= 11 is 9.85. The van der Waals surface area contributed by atoms with Crippen LogP contribution in [0.4, 0.5) is 0 Å². The predicted octanol–water partition coefficient (Wildman–Crippen LogP) is 5.69. The Bertz CT molecular complexity index is 847. The third-order valence-corrected chi connectivity index (χ3v) is 7.30. The molecule has 3 nitrogen and oxygen atoms in total. The van der Waals surface area contributed by atoms with Gasteiger partial charge in [0.05, 0.1) is 6.67 Å². The average Bonchev–Trinajstić information content (AvgIpc) is 2.77. The second-order valence-corrected chi connectivity index (χ2v) is 9.83. The SMILES string of the molecule is Clc1ccc(Br)c(CC2CCN(CCC3=CCN(Cc4ccccc4)CN3)CC2)c1. The fourth-order valence-electron chi connectivity index (χ4n) is 4.45. The summed E-state index contributed by atoms with van der Waals surface area (Å²) in [7, 11) is 0. The Hall–Kier alpha value is -1.33. The van der Waals surface area contributed by atoms with Crippen molar-refractivity contribution >= 4 is 27.5 Å². The van der Waals surface area contributed by atoms with Crippen LogP contribution in [0.2, 0.25) is 5.02 Å². The molecule has 4 rings (SSSR count). The lowest BCUT2D eigenvalue weighted by molar-refractivity contribution is 0.183. The molecular weight excluding hydrogens is 458 g/mol. The third-order valence-electron chi connectivity index (χ3n) is 6.30. The molecule has 2 heterocycles. The summed E-state index contributed by atoms with van der Waals surface area (Å²) in [5, 5.41) is 4.46. The Morgan fingerprint density at radius 3 is 2.57 bits per heavy atom. The molecule has 30 heavy (non-hydrogen) atoms. The predicted molar refractivity (Wildman–Crippen MR) is 130 cm³/mol. The maximum atomic E-state index is 6.18. The summed E-state index contributed by atoms with van der Waals surface area (Å²) in [6, 6.07) is 16.8. The molecule has 0 radical (unpaired) electrons. The molecule has 0 saturated carbocycles. The van der Waals surface area contributed by atoms with E-state index in [9.17, 15) is 0 Å². The number of likely N-dealkylation sites (tertiary alicyclic amines) is 1. The molecule has 5 heteroatoms. The first-order chi connectivity index (χ1) is 14.7. The fraction of sp³-hybridized carbons (Fsp3) is 0.440. The zero-order valence-corrected chi connectivity index (χ0v) is 19.8. The maximum Gasteiger partial charge on any atom is 0.0681 e. The van der Waals surface area contributed by atoms with Crippen LogP contribution in [-0.2, 0) is 13.0 Å². The average molecular weight is 489 g/mol. The first-order valence-electron chi connectivity index (χ1n) is 11.0. The number of halogens is 2. The highest BCUT2D eigenvalue weighted by molar-refractivity contribution is 9.10. The quantitative estimate of drug-likeness (QED) is 0.540. The number of hydrogen-bond donors (Lipinski definition) is 1. The molecule has 1 fully saturated rings. The summed E-state index contributed by atoms with van der Waals surface area (Å²) < 4.78 is 1.19. The van der Waals surface area contributed by atoms with Gasteiger partial charge in [-0.15, -0.1) is 0 Å². The minimum absolute atomic E-state index is 0.759. The van der Waals surface area contributed by atoms with Crippen LogP contribution >= 0.6 is 27.5 Å². The highest BCUT2D eigenvalue weighted by atomic mass is 79.9. The summed E-state index contributed by atoms with van der Waals surface area (Å²) in [5.41, 5.74) is 4.13. The molecule has 0 aliphatic carbocycles. The van der Waals surface area contributed by atoms with Gasteiger partial charge in [-0.2, -0.15) is 0 Å². The van der Waals surface area contributed by atoms with E-state index in [0.717, 1.165) is 50.1 Å². The Morgan fingerprint density at radius 2 is 1.83 bits per heavy atom. The van der Waals surface area contributed by atoms with Crippen LogP contribution in [-0.4, -0.2) is 42.6 Å². The van der Waals surface area contributed by atoms with Crippen LogP contribution in [0, 0.1) is 5.92 Å². The Kier molecular flexibility index (Phi) is 7.89. The van der Waals surface area contributed by atoms with Gasteiger partial charge < -0.3 is 10.2 Å². The van der Waals surface area contributed by atoms with Crippen molar-refractivity contribution in [1.29, 1.82) is 0 Å². The van der Waals surface area contributed by atoms with Crippen LogP contribution in [0.25, 0.3) is 0 Å². The van der Waals surface area contributed by atoms with E-state index in [4.69, 9.17) is 11.6 Å². The number of piperidine rings is 1. The van der Waals surface area contributed by atoms with Gasteiger partial charge in [0, 0.05) is 34.8 Å². The van der Waals surface area contributed by atoms with E-state index in [1.807, 2.05) is 6.07 Å². The zero-order chi connectivity index (χ0) is 20.8. The van der Waals surface area contributed by atoms with Gasteiger partial charge >= 0.3 is 0 Å². The molecule has 2 aliphatic heterocycles. The molecule has 0 amide bonds. The summed E-state index contributed by atoms with van der Waals surface area (Å²) in [4.78, 5) is 5.07. The molecule has 0 atom stereocenters. The molecule has 2 aliphatic rings. The molecule has 0 bridgehead atoms. The Morgan fingerprint density at radius 1 is 1.03 bits per heavy atom. The number of nitrogens with zero attached hydrogens (tertiary/aromatic N) is 2. The third kappa shape index (κ3) is 6.34. The lowest BCUT2D eigenvalue weighted by atomic mass is 9.90. The van der Waals surface area contributed by atoms with E-state index < -0.39 is 0 Å². The number of rotatable bonds is 7. The van der Waals surface area contributed by atoms with Crippen molar-refractivity contribution in [1.82, 2.24) is 15.1 Å². The highest BCUT2D eigenvalue weighted by Gasteiger charge is 2.21. The second-order valence-electron chi connectivity index (χ2n) is 8.54. The summed E-state index contributed by atoms with van der Waals surface area (Å²) in [5.74, 6) is 0.759. The first kappa shape index (κ1) is 21.9. The highest BCUT2D eigenvalue weighted by Crippen LogP contribution is 2.28. The largest absolute Gasteiger partial charge is 0.376 e. The van der Waals surface area contributed by atoms with Gasteiger partial charge in [-0.3, -0.25) is 4.90 Å². The van der Waals surface area contributed by atoms with E-state index in [1.165, 1.54) is 47.2 Å². The van der Waals surface area contributed by atoms with E-state index in [0.29, 0.717) is 0 Å². The molecule has 1 N–H and O–H groups in total. The van der Waals surface area contributed by atoms with Crippen LogP contribution in [0.5, 0.6) is 0 Å². The van der Waals surface area contributed by atoms with Crippen molar-refractivity contribution in [3.63, 3.8) is 0 Å². The van der Waals surface area contributed by atoms with E-state index in [-0.39, 0.29) is 0 Å². The van der Waals surface area contributed by atoms with Crippen LogP contribution in [0.15, 0.2) is 64.8 Å². The van der Waals surface area contributed by atoms with E-state index in [1.54, 1.807) is 0 Å². The molecule has 1 saturated heterocycles. The molecule has 0 unspecified atom stereocenters. The van der Waals surface area contributed by atoms with Crippen LogP contribution in [0.1, 0.15) is 30.4 Å². The number of hydrogen-bond acceptors (Lipinski definition) is 3.